The Labute approximate surface area is 201 Å². The van der Waals surface area contributed by atoms with Crippen LogP contribution in [0, 0.1) is 11.7 Å². The zero-order valence-electron chi connectivity index (χ0n) is 20.3. The molecular formula is C25H28FN5O4. The molecular weight excluding hydrogens is 453 g/mol. The van der Waals surface area contributed by atoms with Crippen LogP contribution in [0.4, 0.5) is 10.3 Å². The molecule has 10 heteroatoms. The topological polar surface area (TPSA) is 103 Å². The summed E-state index contributed by atoms with van der Waals surface area (Å²) in [5.41, 5.74) is 0.996. The van der Waals surface area contributed by atoms with Crippen LogP contribution >= 0.6 is 0 Å². The first-order valence-corrected chi connectivity index (χ1v) is 11.3. The van der Waals surface area contributed by atoms with Gasteiger partial charge >= 0.3 is 0 Å². The van der Waals surface area contributed by atoms with Gasteiger partial charge in [-0.2, -0.15) is 4.52 Å². The Balaban J connectivity index is 1.60. The highest BCUT2D eigenvalue weighted by atomic mass is 19.1. The summed E-state index contributed by atoms with van der Waals surface area (Å²) in [4.78, 5) is 9.48. The first-order chi connectivity index (χ1) is 16.7. The second-order valence-corrected chi connectivity index (χ2v) is 9.28. The van der Waals surface area contributed by atoms with Crippen LogP contribution in [0.25, 0.3) is 16.6 Å². The SMILES string of the molecule is COc1ccc(CNc2nc3c(OC)cc(F)cc3c3nc(C4CC4C(C)(C)O)nn23)c(OC)c1. The number of anilines is 1. The highest BCUT2D eigenvalue weighted by Crippen LogP contribution is 2.52. The summed E-state index contributed by atoms with van der Waals surface area (Å²) >= 11 is 0. The molecule has 1 aliphatic carbocycles. The molecule has 0 aliphatic heterocycles. The number of halogens is 1. The number of hydrogen-bond acceptors (Lipinski definition) is 8. The largest absolute Gasteiger partial charge is 0.497 e. The van der Waals surface area contributed by atoms with Crippen LogP contribution in [0.3, 0.4) is 0 Å². The molecule has 0 saturated heterocycles. The normalized spacial score (nSPS) is 17.6. The van der Waals surface area contributed by atoms with Crippen LogP contribution in [-0.4, -0.2) is 51.6 Å². The van der Waals surface area contributed by atoms with Gasteiger partial charge < -0.3 is 24.6 Å². The average molecular weight is 482 g/mol. The van der Waals surface area contributed by atoms with Crippen LogP contribution in [-0.2, 0) is 6.54 Å². The third-order valence-electron chi connectivity index (χ3n) is 6.50. The van der Waals surface area contributed by atoms with E-state index in [2.05, 4.69) is 5.32 Å². The molecule has 0 amide bonds. The van der Waals surface area contributed by atoms with Crippen LogP contribution in [0.5, 0.6) is 17.2 Å². The zero-order chi connectivity index (χ0) is 24.9. The molecule has 0 radical (unpaired) electrons. The molecule has 2 unspecified atom stereocenters. The minimum Gasteiger partial charge on any atom is -0.497 e. The van der Waals surface area contributed by atoms with Crippen molar-refractivity contribution in [1.29, 1.82) is 0 Å². The fraction of sp³-hybridized carbons (Fsp3) is 0.400. The Morgan fingerprint density at radius 3 is 2.51 bits per heavy atom. The Hall–Kier alpha value is -3.66. The van der Waals surface area contributed by atoms with E-state index >= 15 is 0 Å². The molecule has 2 heterocycles. The number of methoxy groups -OCH3 is 3. The van der Waals surface area contributed by atoms with Gasteiger partial charge in [0.15, 0.2) is 11.5 Å². The molecule has 1 fully saturated rings. The molecule has 0 bridgehead atoms. The number of fused-ring (bicyclic) bond motifs is 3. The molecule has 9 nitrogen and oxygen atoms in total. The van der Waals surface area contributed by atoms with Crippen LogP contribution in [0.1, 0.15) is 37.6 Å². The van der Waals surface area contributed by atoms with Crippen LogP contribution < -0.4 is 19.5 Å². The van der Waals surface area contributed by atoms with E-state index < -0.39 is 11.4 Å². The van der Waals surface area contributed by atoms with Gasteiger partial charge in [-0.05, 0) is 44.4 Å². The predicted molar refractivity (Wildman–Crippen MR) is 129 cm³/mol. The van der Waals surface area contributed by atoms with Gasteiger partial charge in [-0.1, -0.05) is 0 Å². The van der Waals surface area contributed by atoms with Crippen molar-refractivity contribution in [3.8, 4) is 17.2 Å². The van der Waals surface area contributed by atoms with Crippen LogP contribution in [0.15, 0.2) is 30.3 Å². The molecule has 2 N–H and O–H groups in total. The lowest BCUT2D eigenvalue weighted by atomic mass is 10.0. The van der Waals surface area contributed by atoms with Gasteiger partial charge in [0.05, 0.1) is 32.3 Å². The Kier molecular flexibility index (Phi) is 5.63. The van der Waals surface area contributed by atoms with Gasteiger partial charge in [0.25, 0.3) is 0 Å². The van der Waals surface area contributed by atoms with Crippen molar-refractivity contribution < 1.29 is 23.7 Å². The molecule has 184 valence electrons. The van der Waals surface area contributed by atoms with Gasteiger partial charge in [0.2, 0.25) is 5.95 Å². The third-order valence-corrected chi connectivity index (χ3v) is 6.50. The van der Waals surface area contributed by atoms with Crippen molar-refractivity contribution >= 4 is 22.5 Å². The van der Waals surface area contributed by atoms with E-state index in [-0.39, 0.29) is 11.8 Å². The van der Waals surface area contributed by atoms with E-state index in [4.69, 9.17) is 29.3 Å². The minimum atomic E-state index is -0.830. The van der Waals surface area contributed by atoms with Crippen molar-refractivity contribution in [2.75, 3.05) is 26.6 Å². The zero-order valence-corrected chi connectivity index (χ0v) is 20.3. The van der Waals surface area contributed by atoms with Crippen LogP contribution in [0.2, 0.25) is 0 Å². The summed E-state index contributed by atoms with van der Waals surface area (Å²) < 4.78 is 32.2. The maximum Gasteiger partial charge on any atom is 0.226 e. The maximum atomic E-state index is 14.4. The van der Waals surface area contributed by atoms with E-state index in [0.717, 1.165) is 12.0 Å². The quantitative estimate of drug-likeness (QED) is 0.390. The van der Waals surface area contributed by atoms with Crippen molar-refractivity contribution in [2.24, 2.45) is 5.92 Å². The van der Waals surface area contributed by atoms with E-state index in [1.165, 1.54) is 19.2 Å². The number of ether oxygens (including phenoxy) is 3. The number of aliphatic hydroxyl groups is 1. The smallest absolute Gasteiger partial charge is 0.226 e. The number of hydrogen-bond donors (Lipinski definition) is 2. The lowest BCUT2D eigenvalue weighted by Crippen LogP contribution is -2.22. The first kappa shape index (κ1) is 23.1. The molecule has 2 aromatic carbocycles. The number of aromatic nitrogens is 4. The number of rotatable bonds is 8. The predicted octanol–water partition coefficient (Wildman–Crippen LogP) is 3.93. The molecule has 1 aliphatic rings. The van der Waals surface area contributed by atoms with Crippen molar-refractivity contribution in [2.45, 2.75) is 38.3 Å². The molecule has 2 atom stereocenters. The van der Waals surface area contributed by atoms with Gasteiger partial charge in [-0.15, -0.1) is 5.10 Å². The molecule has 5 rings (SSSR count). The van der Waals surface area contributed by atoms with E-state index in [1.807, 2.05) is 18.2 Å². The minimum absolute atomic E-state index is 0.0231. The molecule has 35 heavy (non-hydrogen) atoms. The molecule has 2 aromatic heterocycles. The fourth-order valence-corrected chi connectivity index (χ4v) is 4.52. The Morgan fingerprint density at radius 1 is 1.09 bits per heavy atom. The molecule has 1 saturated carbocycles. The van der Waals surface area contributed by atoms with Crippen molar-refractivity contribution in [3.63, 3.8) is 0 Å². The summed E-state index contributed by atoms with van der Waals surface area (Å²) in [7, 11) is 4.68. The Morgan fingerprint density at radius 2 is 1.86 bits per heavy atom. The lowest BCUT2D eigenvalue weighted by molar-refractivity contribution is 0.0543. The number of nitrogens with one attached hydrogen (secondary N) is 1. The highest BCUT2D eigenvalue weighted by molar-refractivity contribution is 5.96. The second-order valence-electron chi connectivity index (χ2n) is 9.28. The monoisotopic (exact) mass is 481 g/mol. The lowest BCUT2D eigenvalue weighted by Gasteiger charge is -2.15. The second kappa shape index (κ2) is 8.53. The van der Waals surface area contributed by atoms with Gasteiger partial charge in [0.1, 0.15) is 28.6 Å². The highest BCUT2D eigenvalue weighted by Gasteiger charge is 2.50. The van der Waals surface area contributed by atoms with Crippen molar-refractivity contribution in [3.05, 3.63) is 47.5 Å². The summed E-state index contributed by atoms with van der Waals surface area (Å²) in [6, 6.07) is 8.25. The van der Waals surface area contributed by atoms with E-state index in [1.54, 1.807) is 32.6 Å². The molecule has 4 aromatic rings. The summed E-state index contributed by atoms with van der Waals surface area (Å²) in [5.74, 6) is 2.31. The average Bonchev–Trinajstić information content (AvgIpc) is 3.54. The molecule has 0 spiro atoms. The maximum absolute atomic E-state index is 14.4. The number of benzene rings is 2. The standard InChI is InChI=1S/C25H28FN5O4/c1-25(2,32)18-11-16(18)22-29-23-17-8-14(26)9-20(35-5)21(17)28-24(31(23)30-22)27-12-13-6-7-15(33-3)10-19(13)34-4/h6-10,16,18,32H,11-12H2,1-5H3,(H,27,28). The van der Waals surface area contributed by atoms with Gasteiger partial charge in [0, 0.05) is 30.2 Å². The van der Waals surface area contributed by atoms with Crippen molar-refractivity contribution in [1.82, 2.24) is 19.6 Å². The van der Waals surface area contributed by atoms with E-state index in [9.17, 15) is 9.50 Å². The van der Waals surface area contributed by atoms with Gasteiger partial charge in [-0.25, -0.2) is 14.4 Å². The summed E-state index contributed by atoms with van der Waals surface area (Å²) in [6.45, 7) is 3.97. The first-order valence-electron chi connectivity index (χ1n) is 11.3. The Bertz CT molecular complexity index is 1420. The summed E-state index contributed by atoms with van der Waals surface area (Å²) in [6.07, 6.45) is 0.787. The summed E-state index contributed by atoms with van der Waals surface area (Å²) in [5, 5.41) is 18.9. The van der Waals surface area contributed by atoms with Gasteiger partial charge in [-0.3, -0.25) is 0 Å². The fourth-order valence-electron chi connectivity index (χ4n) is 4.52. The third kappa shape index (κ3) is 4.18. The number of nitrogens with zero attached hydrogens (tertiary/aromatic N) is 4. The van der Waals surface area contributed by atoms with E-state index in [0.29, 0.717) is 52.1 Å².